The maximum Gasteiger partial charge on any atom is 0.361 e. The third kappa shape index (κ3) is 4.31. The van der Waals surface area contributed by atoms with E-state index < -0.39 is 22.7 Å². The molecule has 0 bridgehead atoms. The van der Waals surface area contributed by atoms with Crippen molar-refractivity contribution in [3.05, 3.63) is 43.8 Å². The molecule has 1 fully saturated rings. The fourth-order valence-corrected chi connectivity index (χ4v) is 4.67. The Morgan fingerprint density at radius 2 is 2.03 bits per heavy atom. The molecule has 9 nitrogen and oxygen atoms in total. The van der Waals surface area contributed by atoms with Crippen molar-refractivity contribution >= 4 is 11.0 Å². The number of nitrogens with zero attached hydrogens (tertiary/aromatic N) is 2. The highest BCUT2D eigenvalue weighted by Crippen LogP contribution is 2.49. The lowest BCUT2D eigenvalue weighted by molar-refractivity contribution is -0.565. The van der Waals surface area contributed by atoms with Crippen molar-refractivity contribution in [2.75, 3.05) is 39.5 Å². The number of aryl methyl sites for hydroxylation is 1. The molecule has 32 heavy (non-hydrogen) atoms. The van der Waals surface area contributed by atoms with Gasteiger partial charge in [-0.25, -0.2) is 4.79 Å². The van der Waals surface area contributed by atoms with Gasteiger partial charge in [0.05, 0.1) is 29.1 Å². The highest BCUT2D eigenvalue weighted by Gasteiger charge is 2.47. The molecule has 0 unspecified atom stereocenters. The van der Waals surface area contributed by atoms with Crippen molar-refractivity contribution in [2.24, 2.45) is 5.92 Å². The quantitative estimate of drug-likeness (QED) is 0.346. The normalized spacial score (nSPS) is 21.0. The molecule has 0 radical (unpaired) electrons. The summed E-state index contributed by atoms with van der Waals surface area (Å²) in [7, 11) is 0. The Kier molecular flexibility index (Phi) is 6.66. The number of morpholine rings is 1. The van der Waals surface area contributed by atoms with E-state index in [4.69, 9.17) is 18.6 Å². The van der Waals surface area contributed by atoms with Crippen LogP contribution in [0.25, 0.3) is 11.0 Å². The lowest BCUT2D eigenvalue weighted by Crippen LogP contribution is -2.38. The highest BCUT2D eigenvalue weighted by molar-refractivity contribution is 5.92. The van der Waals surface area contributed by atoms with E-state index in [1.54, 1.807) is 6.07 Å². The Bertz CT molecular complexity index is 1040. The average molecular weight is 447 g/mol. The Labute approximate surface area is 186 Å². The summed E-state index contributed by atoms with van der Waals surface area (Å²) >= 11 is 0. The van der Waals surface area contributed by atoms with Crippen LogP contribution in [0.4, 0.5) is 0 Å². The SMILES string of the molecule is CCCc1cc(=O)oc2c3c(cc(OCCN4CCOCC4)c12)O[C@H]([N+](=O)[O-])[C@H]3C(C)C. The van der Waals surface area contributed by atoms with Crippen LogP contribution in [0.2, 0.25) is 0 Å². The summed E-state index contributed by atoms with van der Waals surface area (Å²) in [5, 5.41) is 12.4. The van der Waals surface area contributed by atoms with Gasteiger partial charge in [-0.3, -0.25) is 15.0 Å². The first-order valence-corrected chi connectivity index (χ1v) is 11.3. The number of ether oxygens (including phenoxy) is 3. The second-order valence-electron chi connectivity index (χ2n) is 8.70. The van der Waals surface area contributed by atoms with Crippen LogP contribution in [-0.2, 0) is 11.2 Å². The van der Waals surface area contributed by atoms with Gasteiger partial charge < -0.3 is 18.6 Å². The standard InChI is InChI=1S/C23H30N2O7/c1-4-5-15-12-18(26)32-22-20(15)16(30-11-8-24-6-9-29-10-7-24)13-17-21(22)19(14(2)3)23(31-17)25(27)28/h12-14,19,23H,4-11H2,1-3H3/t19-,23-/m0/s1. The van der Waals surface area contributed by atoms with Crippen LogP contribution in [0.5, 0.6) is 11.5 Å². The predicted molar refractivity (Wildman–Crippen MR) is 118 cm³/mol. The van der Waals surface area contributed by atoms with Crippen LogP contribution in [0.1, 0.15) is 44.2 Å². The topological polar surface area (TPSA) is 104 Å². The van der Waals surface area contributed by atoms with Gasteiger partial charge in [-0.2, -0.15) is 0 Å². The van der Waals surface area contributed by atoms with Crippen molar-refractivity contribution in [2.45, 2.75) is 45.8 Å². The fourth-order valence-electron chi connectivity index (χ4n) is 4.67. The van der Waals surface area contributed by atoms with Crippen molar-refractivity contribution in [1.29, 1.82) is 0 Å². The molecular formula is C23H30N2O7. The number of hydrogen-bond acceptors (Lipinski definition) is 8. The second kappa shape index (κ2) is 9.46. The summed E-state index contributed by atoms with van der Waals surface area (Å²) in [6.45, 7) is 10.1. The van der Waals surface area contributed by atoms with Crippen LogP contribution < -0.4 is 15.1 Å². The molecule has 0 aliphatic carbocycles. The molecule has 174 valence electrons. The minimum atomic E-state index is -1.23. The lowest BCUT2D eigenvalue weighted by Gasteiger charge is -2.26. The molecule has 9 heteroatoms. The number of rotatable bonds is 8. The van der Waals surface area contributed by atoms with Gasteiger partial charge in [0, 0.05) is 31.8 Å². The van der Waals surface area contributed by atoms with E-state index in [0.29, 0.717) is 54.3 Å². The average Bonchev–Trinajstić information content (AvgIpc) is 3.15. The van der Waals surface area contributed by atoms with Crippen molar-refractivity contribution in [3.8, 4) is 11.5 Å². The monoisotopic (exact) mass is 446 g/mol. The molecule has 0 spiro atoms. The van der Waals surface area contributed by atoms with E-state index in [-0.39, 0.29) is 5.92 Å². The molecule has 0 saturated carbocycles. The van der Waals surface area contributed by atoms with Crippen LogP contribution in [0, 0.1) is 16.0 Å². The molecule has 4 rings (SSSR count). The predicted octanol–water partition coefficient (Wildman–Crippen LogP) is 3.19. The van der Waals surface area contributed by atoms with Crippen molar-refractivity contribution in [3.63, 3.8) is 0 Å². The lowest BCUT2D eigenvalue weighted by atomic mass is 9.86. The molecule has 2 aromatic rings. The molecule has 3 heterocycles. The summed E-state index contributed by atoms with van der Waals surface area (Å²) in [5.41, 5.74) is 1.30. The van der Waals surface area contributed by atoms with E-state index >= 15 is 0 Å². The Morgan fingerprint density at radius 3 is 2.69 bits per heavy atom. The van der Waals surface area contributed by atoms with E-state index in [2.05, 4.69) is 4.90 Å². The Hall–Kier alpha value is -2.65. The van der Waals surface area contributed by atoms with Crippen LogP contribution in [0.3, 0.4) is 0 Å². The largest absolute Gasteiger partial charge is 0.491 e. The summed E-state index contributed by atoms with van der Waals surface area (Å²) < 4.78 is 23.0. The van der Waals surface area contributed by atoms with Gasteiger partial charge in [0.1, 0.15) is 29.6 Å². The van der Waals surface area contributed by atoms with Gasteiger partial charge in [-0.1, -0.05) is 27.2 Å². The Morgan fingerprint density at radius 1 is 1.28 bits per heavy atom. The van der Waals surface area contributed by atoms with Gasteiger partial charge in [0.15, 0.2) is 0 Å². The van der Waals surface area contributed by atoms with Crippen LogP contribution in [0.15, 0.2) is 21.3 Å². The first kappa shape index (κ1) is 22.5. The molecule has 0 N–H and O–H groups in total. The molecule has 2 aliphatic rings. The van der Waals surface area contributed by atoms with Crippen LogP contribution in [-0.4, -0.2) is 55.5 Å². The summed E-state index contributed by atoms with van der Waals surface area (Å²) in [6, 6.07) is 3.23. The molecule has 0 amide bonds. The first-order valence-electron chi connectivity index (χ1n) is 11.3. The number of hydrogen-bond donors (Lipinski definition) is 0. The molecule has 1 saturated heterocycles. The third-order valence-corrected chi connectivity index (χ3v) is 6.16. The zero-order chi connectivity index (χ0) is 22.8. The maximum absolute atomic E-state index is 12.4. The summed E-state index contributed by atoms with van der Waals surface area (Å²) in [6.07, 6.45) is 0.286. The first-order chi connectivity index (χ1) is 15.4. The van der Waals surface area contributed by atoms with Crippen LogP contribution >= 0.6 is 0 Å². The number of nitro groups is 1. The zero-order valence-electron chi connectivity index (χ0n) is 18.8. The zero-order valence-corrected chi connectivity index (χ0v) is 18.8. The summed E-state index contributed by atoms with van der Waals surface area (Å²) in [4.78, 5) is 26.0. The summed E-state index contributed by atoms with van der Waals surface area (Å²) in [5.74, 6) is 0.287. The minimum Gasteiger partial charge on any atom is -0.491 e. The molecule has 2 aliphatic heterocycles. The van der Waals surface area contributed by atoms with E-state index in [9.17, 15) is 14.9 Å². The Balaban J connectivity index is 1.78. The van der Waals surface area contributed by atoms with Gasteiger partial charge in [-0.05, 0) is 17.9 Å². The third-order valence-electron chi connectivity index (χ3n) is 6.16. The molecule has 1 aromatic carbocycles. The fraction of sp³-hybridized carbons (Fsp3) is 0.609. The molecule has 2 atom stereocenters. The minimum absolute atomic E-state index is 0.0805. The van der Waals surface area contributed by atoms with E-state index in [1.807, 2.05) is 20.8 Å². The maximum atomic E-state index is 12.4. The second-order valence-corrected chi connectivity index (χ2v) is 8.70. The van der Waals surface area contributed by atoms with Gasteiger partial charge in [-0.15, -0.1) is 0 Å². The van der Waals surface area contributed by atoms with Crippen molar-refractivity contribution in [1.82, 2.24) is 4.90 Å². The van der Waals surface area contributed by atoms with Gasteiger partial charge >= 0.3 is 11.9 Å². The van der Waals surface area contributed by atoms with E-state index in [1.165, 1.54) is 6.07 Å². The van der Waals surface area contributed by atoms with Gasteiger partial charge in [0.25, 0.3) is 0 Å². The molecular weight excluding hydrogens is 416 g/mol. The molecule has 1 aromatic heterocycles. The number of fused-ring (bicyclic) bond motifs is 3. The number of benzene rings is 1. The highest BCUT2D eigenvalue weighted by atomic mass is 16.7. The van der Waals surface area contributed by atoms with Crippen molar-refractivity contribution < 1.29 is 23.6 Å². The van der Waals surface area contributed by atoms with Gasteiger partial charge in [0.2, 0.25) is 0 Å². The smallest absolute Gasteiger partial charge is 0.361 e. The van der Waals surface area contributed by atoms with E-state index in [0.717, 1.165) is 31.6 Å².